The summed E-state index contributed by atoms with van der Waals surface area (Å²) in [5.74, 6) is -0.405. The Morgan fingerprint density at radius 3 is 1.41 bits per heavy atom. The fourth-order valence-corrected chi connectivity index (χ4v) is 1.73. The molecular weight excluding hydrogens is 424 g/mol. The Balaban J connectivity index is 0.000000821. The molecule has 27 heavy (non-hydrogen) atoms. The summed E-state index contributed by atoms with van der Waals surface area (Å²) < 4.78 is 24.6. The molecule has 1 aromatic rings. The van der Waals surface area contributed by atoms with Gasteiger partial charge in [-0.25, -0.2) is 9.59 Å². The van der Waals surface area contributed by atoms with Crippen molar-refractivity contribution in [3.8, 4) is 11.5 Å². The predicted octanol–water partition coefficient (Wildman–Crippen LogP) is 2.51. The molecule has 1 aromatic carbocycles. The molecule has 152 valence electrons. The number of hydrogen-bond acceptors (Lipinski definition) is 8. The lowest BCUT2D eigenvalue weighted by atomic mass is 10.3. The molecule has 0 N–H and O–H groups in total. The Morgan fingerprint density at radius 1 is 0.741 bits per heavy atom. The Kier molecular flexibility index (Phi) is 14.6. The lowest BCUT2D eigenvalue weighted by Gasteiger charge is -2.11. The summed E-state index contributed by atoms with van der Waals surface area (Å²) in [6.45, 7) is 5.83. The highest BCUT2D eigenvalue weighted by molar-refractivity contribution is 9.09. The third-order valence-corrected chi connectivity index (χ3v) is 3.02. The van der Waals surface area contributed by atoms with E-state index in [1.165, 1.54) is 0 Å². The number of rotatable bonds is 10. The first kappa shape index (κ1) is 24.7. The Hall–Kier alpha value is -2.29. The van der Waals surface area contributed by atoms with Gasteiger partial charge in [-0.1, -0.05) is 28.1 Å². The molecule has 0 heterocycles. The summed E-state index contributed by atoms with van der Waals surface area (Å²) >= 11 is 2.94. The van der Waals surface area contributed by atoms with Gasteiger partial charge in [0.1, 0.15) is 5.33 Å². The van der Waals surface area contributed by atoms with Gasteiger partial charge in [0.15, 0.2) is 24.7 Å². The van der Waals surface area contributed by atoms with Crippen molar-refractivity contribution in [2.45, 2.75) is 20.8 Å². The molecule has 9 heteroatoms. The second-order valence-electron chi connectivity index (χ2n) is 4.57. The Labute approximate surface area is 167 Å². The largest absolute Gasteiger partial charge is 0.478 e. The molecule has 0 aliphatic heterocycles. The molecule has 0 aromatic heterocycles. The van der Waals surface area contributed by atoms with Gasteiger partial charge in [0.25, 0.3) is 0 Å². The molecule has 0 unspecified atom stereocenters. The van der Waals surface area contributed by atoms with E-state index >= 15 is 0 Å². The summed E-state index contributed by atoms with van der Waals surface area (Å²) in [4.78, 5) is 32.6. The van der Waals surface area contributed by atoms with Crippen molar-refractivity contribution < 1.29 is 38.1 Å². The quantitative estimate of drug-likeness (QED) is 0.306. The third-order valence-electron chi connectivity index (χ3n) is 2.57. The molecule has 8 nitrogen and oxygen atoms in total. The topological polar surface area (TPSA) is 97.4 Å². The van der Waals surface area contributed by atoms with Crippen molar-refractivity contribution in [2.75, 3.05) is 38.4 Å². The van der Waals surface area contributed by atoms with Crippen molar-refractivity contribution in [1.82, 2.24) is 0 Å². The first-order chi connectivity index (χ1) is 13.0. The van der Waals surface area contributed by atoms with Crippen LogP contribution < -0.4 is 9.47 Å². The van der Waals surface area contributed by atoms with Gasteiger partial charge in [0.05, 0.1) is 19.8 Å². The number of alkyl halides is 1. The monoisotopic (exact) mass is 448 g/mol. The van der Waals surface area contributed by atoms with Crippen LogP contribution in [0.5, 0.6) is 11.5 Å². The Bertz CT molecular complexity index is 535. The number of carbonyl (C=O) groups is 3. The lowest BCUT2D eigenvalue weighted by molar-refractivity contribution is -0.146. The molecule has 0 saturated carbocycles. The number of hydrogen-bond donors (Lipinski definition) is 0. The van der Waals surface area contributed by atoms with Crippen LogP contribution in [-0.4, -0.2) is 56.3 Å². The van der Waals surface area contributed by atoms with Crippen LogP contribution in [0.15, 0.2) is 24.3 Å². The molecule has 0 radical (unpaired) electrons. The second-order valence-corrected chi connectivity index (χ2v) is 5.13. The van der Waals surface area contributed by atoms with Crippen LogP contribution in [0.25, 0.3) is 0 Å². The zero-order chi connectivity index (χ0) is 20.5. The maximum atomic E-state index is 11.2. The summed E-state index contributed by atoms with van der Waals surface area (Å²) in [6.07, 6.45) is 0. The van der Waals surface area contributed by atoms with E-state index in [2.05, 4.69) is 20.7 Å². The van der Waals surface area contributed by atoms with E-state index in [1.54, 1.807) is 45.0 Å². The highest BCUT2D eigenvalue weighted by Gasteiger charge is 2.10. The van der Waals surface area contributed by atoms with Crippen LogP contribution in [0.4, 0.5) is 0 Å². The first-order valence-corrected chi connectivity index (χ1v) is 9.47. The van der Waals surface area contributed by atoms with Crippen molar-refractivity contribution in [1.29, 1.82) is 0 Å². The molecule has 0 bridgehead atoms. The Morgan fingerprint density at radius 2 is 1.11 bits per heavy atom. The van der Waals surface area contributed by atoms with Gasteiger partial charge in [0.2, 0.25) is 0 Å². The zero-order valence-electron chi connectivity index (χ0n) is 15.7. The van der Waals surface area contributed by atoms with Crippen LogP contribution >= 0.6 is 15.9 Å². The van der Waals surface area contributed by atoms with Crippen LogP contribution in [0.3, 0.4) is 0 Å². The van der Waals surface area contributed by atoms with Gasteiger partial charge >= 0.3 is 17.9 Å². The van der Waals surface area contributed by atoms with Crippen LogP contribution in [0, 0.1) is 0 Å². The minimum absolute atomic E-state index is 0.206. The van der Waals surface area contributed by atoms with Gasteiger partial charge < -0.3 is 23.7 Å². The number of para-hydroxylation sites is 2. The highest BCUT2D eigenvalue weighted by atomic mass is 79.9. The fourth-order valence-electron chi connectivity index (χ4n) is 1.57. The minimum Gasteiger partial charge on any atom is -0.478 e. The maximum Gasteiger partial charge on any atom is 0.344 e. The molecule has 0 fully saturated rings. The summed E-state index contributed by atoms with van der Waals surface area (Å²) in [5, 5.41) is 0.292. The molecule has 0 amide bonds. The van der Waals surface area contributed by atoms with E-state index in [1.807, 2.05) is 0 Å². The summed E-state index contributed by atoms with van der Waals surface area (Å²) in [5.41, 5.74) is 0. The van der Waals surface area contributed by atoms with E-state index < -0.39 is 11.9 Å². The smallest absolute Gasteiger partial charge is 0.344 e. The molecular formula is C18H25BrO8. The molecule has 1 rings (SSSR count). The standard InChI is InChI=1S/C14H18O6.C4H7BrO2/c1-3-17-13(15)9-19-11-7-5-6-8-12(11)20-10-14(16)18-4-2;1-2-7-4(6)3-5/h5-8H,3-4,9-10H2,1-2H3;2-3H2,1H3. The molecule has 0 aliphatic rings. The number of carbonyl (C=O) groups excluding carboxylic acids is 3. The third kappa shape index (κ3) is 12.7. The molecule has 0 saturated heterocycles. The molecule has 0 spiro atoms. The van der Waals surface area contributed by atoms with E-state index in [0.717, 1.165) is 0 Å². The van der Waals surface area contributed by atoms with Gasteiger partial charge in [-0.3, -0.25) is 4.79 Å². The van der Waals surface area contributed by atoms with Gasteiger partial charge in [-0.2, -0.15) is 0 Å². The average Bonchev–Trinajstić information content (AvgIpc) is 2.66. The van der Waals surface area contributed by atoms with Gasteiger partial charge in [0, 0.05) is 0 Å². The highest BCUT2D eigenvalue weighted by Crippen LogP contribution is 2.26. The molecule has 0 atom stereocenters. The van der Waals surface area contributed by atoms with Crippen molar-refractivity contribution in [3.05, 3.63) is 24.3 Å². The van der Waals surface area contributed by atoms with E-state index in [0.29, 0.717) is 36.6 Å². The predicted molar refractivity (Wildman–Crippen MR) is 101 cm³/mol. The van der Waals surface area contributed by atoms with Crippen molar-refractivity contribution in [2.24, 2.45) is 0 Å². The van der Waals surface area contributed by atoms with Crippen LogP contribution in [-0.2, 0) is 28.6 Å². The van der Waals surface area contributed by atoms with Gasteiger partial charge in [-0.05, 0) is 32.9 Å². The maximum absolute atomic E-state index is 11.2. The van der Waals surface area contributed by atoms with Gasteiger partial charge in [-0.15, -0.1) is 0 Å². The van der Waals surface area contributed by atoms with E-state index in [9.17, 15) is 14.4 Å². The first-order valence-electron chi connectivity index (χ1n) is 8.35. The van der Waals surface area contributed by atoms with Crippen LogP contribution in [0.1, 0.15) is 20.8 Å². The number of ether oxygens (including phenoxy) is 5. The fraction of sp³-hybridized carbons (Fsp3) is 0.500. The zero-order valence-corrected chi connectivity index (χ0v) is 17.3. The normalized spacial score (nSPS) is 9.33. The summed E-state index contributed by atoms with van der Waals surface area (Å²) in [7, 11) is 0. The van der Waals surface area contributed by atoms with Crippen LogP contribution in [0.2, 0.25) is 0 Å². The van der Waals surface area contributed by atoms with Crippen molar-refractivity contribution >= 4 is 33.8 Å². The molecule has 0 aliphatic carbocycles. The van der Waals surface area contributed by atoms with E-state index in [-0.39, 0.29) is 19.2 Å². The summed E-state index contributed by atoms with van der Waals surface area (Å²) in [6, 6.07) is 6.74. The second kappa shape index (κ2) is 15.9. The lowest BCUT2D eigenvalue weighted by Crippen LogP contribution is -2.17. The van der Waals surface area contributed by atoms with E-state index in [4.69, 9.17) is 18.9 Å². The average molecular weight is 449 g/mol. The SMILES string of the molecule is CCOC(=O)CBr.CCOC(=O)COc1ccccc1OCC(=O)OCC. The number of benzene rings is 1. The number of halogens is 1. The minimum atomic E-state index is -0.465. The number of esters is 3. The van der Waals surface area contributed by atoms with Crippen molar-refractivity contribution in [3.63, 3.8) is 0 Å².